The maximum Gasteiger partial charge on any atom is 0.387 e. The van der Waals surface area contributed by atoms with Gasteiger partial charge in [0, 0.05) is 0 Å². The summed E-state index contributed by atoms with van der Waals surface area (Å²) in [5, 5.41) is 4.13. The van der Waals surface area contributed by atoms with E-state index in [-0.39, 0.29) is 10.6 Å². The lowest BCUT2D eigenvalue weighted by molar-refractivity contribution is -0.0500. The van der Waals surface area contributed by atoms with E-state index < -0.39 is 6.61 Å². The van der Waals surface area contributed by atoms with Crippen LogP contribution in [0.15, 0.2) is 23.1 Å². The molecule has 19 heavy (non-hydrogen) atoms. The normalized spacial score (nSPS) is 12.7. The molecule has 0 aliphatic heterocycles. The Labute approximate surface area is 124 Å². The minimum atomic E-state index is -2.87. The van der Waals surface area contributed by atoms with Crippen molar-refractivity contribution in [2.75, 3.05) is 0 Å². The van der Waals surface area contributed by atoms with E-state index in [1.165, 1.54) is 23.0 Å². The van der Waals surface area contributed by atoms with E-state index in [1.54, 1.807) is 0 Å². The Bertz CT molecular complexity index is 559. The highest BCUT2D eigenvalue weighted by molar-refractivity contribution is 9.10. The fourth-order valence-corrected chi connectivity index (χ4v) is 2.03. The minimum Gasteiger partial charge on any atom is -0.433 e. The third-order valence-electron chi connectivity index (χ3n) is 2.13. The Morgan fingerprint density at radius 3 is 2.63 bits per heavy atom. The Morgan fingerprint density at radius 1 is 1.37 bits per heavy atom. The minimum absolute atomic E-state index is 0.00799. The molecule has 9 heteroatoms. The Morgan fingerprint density at radius 2 is 2.11 bits per heavy atom. The van der Waals surface area contributed by atoms with Crippen LogP contribution in [0.25, 0.3) is 5.82 Å². The third kappa shape index (κ3) is 3.47. The van der Waals surface area contributed by atoms with Gasteiger partial charge in [0.1, 0.15) is 11.6 Å². The molecule has 0 aliphatic rings. The molecule has 5 nitrogen and oxygen atoms in total. The van der Waals surface area contributed by atoms with E-state index in [0.717, 1.165) is 0 Å². The van der Waals surface area contributed by atoms with E-state index in [0.29, 0.717) is 16.4 Å². The topological polar surface area (TPSA) is 52.8 Å². The Balaban J connectivity index is 2.32. The van der Waals surface area contributed by atoms with Crippen molar-refractivity contribution >= 4 is 31.9 Å². The quantitative estimate of drug-likeness (QED) is 0.741. The van der Waals surface area contributed by atoms with Crippen molar-refractivity contribution in [1.82, 2.24) is 19.7 Å². The van der Waals surface area contributed by atoms with E-state index in [4.69, 9.17) is 0 Å². The first-order valence-electron chi connectivity index (χ1n) is 5.15. The smallest absolute Gasteiger partial charge is 0.387 e. The summed E-state index contributed by atoms with van der Waals surface area (Å²) in [5.41, 5.74) is 0. The SMILES string of the molecule is CC(Br)c1nc(Br)nn1-c1ccc(OC(F)F)cn1. The molecule has 1 unspecified atom stereocenters. The number of aromatic nitrogens is 4. The van der Waals surface area contributed by atoms with Crippen LogP contribution in [-0.4, -0.2) is 26.4 Å². The molecule has 0 aromatic carbocycles. The second kappa shape index (κ2) is 5.91. The predicted octanol–water partition coefficient (Wildman–Crippen LogP) is 3.48. The molecule has 0 radical (unpaired) electrons. The lowest BCUT2D eigenvalue weighted by Gasteiger charge is -2.07. The molecular formula is C10H8Br2F2N4O. The highest BCUT2D eigenvalue weighted by atomic mass is 79.9. The van der Waals surface area contributed by atoms with Gasteiger partial charge in [0.05, 0.1) is 11.0 Å². The van der Waals surface area contributed by atoms with Gasteiger partial charge in [-0.25, -0.2) is 9.97 Å². The fourth-order valence-electron chi connectivity index (χ4n) is 1.39. The van der Waals surface area contributed by atoms with Crippen LogP contribution in [0.5, 0.6) is 5.75 Å². The summed E-state index contributed by atoms with van der Waals surface area (Å²) in [6.07, 6.45) is 1.21. The average molecular weight is 398 g/mol. The fraction of sp³-hybridized carbons (Fsp3) is 0.300. The molecular weight excluding hydrogens is 390 g/mol. The number of ether oxygens (including phenoxy) is 1. The lowest BCUT2D eigenvalue weighted by atomic mass is 10.4. The van der Waals surface area contributed by atoms with Crippen LogP contribution in [0.3, 0.4) is 0 Å². The van der Waals surface area contributed by atoms with Crippen LogP contribution in [0, 0.1) is 0 Å². The number of nitrogens with zero attached hydrogens (tertiary/aromatic N) is 4. The number of hydrogen-bond donors (Lipinski definition) is 0. The van der Waals surface area contributed by atoms with E-state index in [9.17, 15) is 8.78 Å². The molecule has 0 N–H and O–H groups in total. The maximum atomic E-state index is 12.0. The summed E-state index contributed by atoms with van der Waals surface area (Å²) in [7, 11) is 0. The van der Waals surface area contributed by atoms with Crippen LogP contribution in [0.2, 0.25) is 0 Å². The van der Waals surface area contributed by atoms with Crippen LogP contribution >= 0.6 is 31.9 Å². The molecule has 0 fully saturated rings. The zero-order valence-corrected chi connectivity index (χ0v) is 12.8. The van der Waals surface area contributed by atoms with Crippen molar-refractivity contribution in [3.05, 3.63) is 28.9 Å². The van der Waals surface area contributed by atoms with Crippen molar-refractivity contribution in [2.45, 2.75) is 18.4 Å². The van der Waals surface area contributed by atoms with E-state index >= 15 is 0 Å². The molecule has 2 heterocycles. The van der Waals surface area contributed by atoms with Crippen molar-refractivity contribution < 1.29 is 13.5 Å². The largest absolute Gasteiger partial charge is 0.433 e. The summed E-state index contributed by atoms with van der Waals surface area (Å²) in [6.45, 7) is -0.979. The van der Waals surface area contributed by atoms with Gasteiger partial charge in [-0.3, -0.25) is 0 Å². The van der Waals surface area contributed by atoms with Crippen LogP contribution in [-0.2, 0) is 0 Å². The van der Waals surface area contributed by atoms with Crippen LogP contribution in [0.4, 0.5) is 8.78 Å². The molecule has 0 saturated carbocycles. The molecule has 0 bridgehead atoms. The zero-order valence-electron chi connectivity index (χ0n) is 9.60. The van der Waals surface area contributed by atoms with Gasteiger partial charge in [-0.05, 0) is 35.0 Å². The van der Waals surface area contributed by atoms with Crippen molar-refractivity contribution in [3.63, 3.8) is 0 Å². The van der Waals surface area contributed by atoms with E-state index in [2.05, 4.69) is 51.7 Å². The predicted molar refractivity (Wildman–Crippen MR) is 70.8 cm³/mol. The van der Waals surface area contributed by atoms with Gasteiger partial charge >= 0.3 is 6.61 Å². The van der Waals surface area contributed by atoms with Crippen molar-refractivity contribution in [2.24, 2.45) is 0 Å². The molecule has 2 aromatic rings. The van der Waals surface area contributed by atoms with Gasteiger partial charge in [-0.2, -0.15) is 13.5 Å². The highest BCUT2D eigenvalue weighted by Crippen LogP contribution is 2.24. The molecule has 0 amide bonds. The summed E-state index contributed by atoms with van der Waals surface area (Å²) in [6, 6.07) is 2.92. The summed E-state index contributed by atoms with van der Waals surface area (Å²) < 4.78 is 30.2. The van der Waals surface area contributed by atoms with Crippen molar-refractivity contribution in [1.29, 1.82) is 0 Å². The third-order valence-corrected chi connectivity index (χ3v) is 2.87. The van der Waals surface area contributed by atoms with Gasteiger partial charge in [-0.1, -0.05) is 15.9 Å². The summed E-state index contributed by atoms with van der Waals surface area (Å²) >= 11 is 6.58. The molecule has 0 spiro atoms. The summed E-state index contributed by atoms with van der Waals surface area (Å²) in [4.78, 5) is 8.17. The Hall–Kier alpha value is -1.09. The highest BCUT2D eigenvalue weighted by Gasteiger charge is 2.15. The number of hydrogen-bond acceptors (Lipinski definition) is 4. The van der Waals surface area contributed by atoms with Gasteiger partial charge in [-0.15, -0.1) is 5.10 Å². The molecule has 1 atom stereocenters. The van der Waals surface area contributed by atoms with Crippen LogP contribution < -0.4 is 4.74 Å². The molecule has 0 saturated heterocycles. The van der Waals surface area contributed by atoms with Crippen molar-refractivity contribution in [3.8, 4) is 11.6 Å². The maximum absolute atomic E-state index is 12.0. The summed E-state index contributed by atoms with van der Waals surface area (Å²) in [5.74, 6) is 1.09. The van der Waals surface area contributed by atoms with Crippen LogP contribution in [0.1, 0.15) is 17.6 Å². The zero-order chi connectivity index (χ0) is 14.0. The van der Waals surface area contributed by atoms with E-state index in [1.807, 2.05) is 6.92 Å². The second-order valence-electron chi connectivity index (χ2n) is 3.50. The Kier molecular flexibility index (Phi) is 4.46. The first kappa shape index (κ1) is 14.3. The van der Waals surface area contributed by atoms with Gasteiger partial charge < -0.3 is 4.74 Å². The number of pyridine rings is 1. The van der Waals surface area contributed by atoms with Gasteiger partial charge in [0.25, 0.3) is 0 Å². The first-order chi connectivity index (χ1) is 8.97. The average Bonchev–Trinajstić information content (AvgIpc) is 2.72. The monoisotopic (exact) mass is 396 g/mol. The molecule has 2 aromatic heterocycles. The molecule has 0 aliphatic carbocycles. The molecule has 2 rings (SSSR count). The number of rotatable bonds is 4. The lowest BCUT2D eigenvalue weighted by Crippen LogP contribution is -2.07. The van der Waals surface area contributed by atoms with Gasteiger partial charge in [0.15, 0.2) is 5.82 Å². The van der Waals surface area contributed by atoms with Gasteiger partial charge in [0.2, 0.25) is 4.73 Å². The first-order valence-corrected chi connectivity index (χ1v) is 6.86. The second-order valence-corrected chi connectivity index (χ2v) is 5.58. The molecule has 102 valence electrons. The number of alkyl halides is 3. The number of halogens is 4. The standard InChI is InChI=1S/C10H8Br2F2N4O/c1-5(11)8-16-9(12)17-18(8)7-3-2-6(4-15-7)19-10(13)14/h2-5,10H,1H3.